The van der Waals surface area contributed by atoms with Crippen molar-refractivity contribution in [3.63, 3.8) is 0 Å². The third-order valence-electron chi connectivity index (χ3n) is 2.02. The molecule has 0 radical (unpaired) electrons. The Labute approximate surface area is 91.5 Å². The van der Waals surface area contributed by atoms with E-state index in [0.717, 1.165) is 0 Å². The fraction of sp³-hybridized carbons (Fsp3) is 0.100. The number of hydrogen-bond acceptors (Lipinski definition) is 3. The van der Waals surface area contributed by atoms with Crippen molar-refractivity contribution < 1.29 is 4.79 Å². The highest BCUT2D eigenvalue weighted by Crippen LogP contribution is 2.12. The first-order valence-electron chi connectivity index (χ1n) is 4.33. The number of nitrogens with zero attached hydrogens (tertiary/aromatic N) is 3. The van der Waals surface area contributed by atoms with E-state index in [1.165, 1.54) is 11.0 Å². The van der Waals surface area contributed by atoms with E-state index in [2.05, 4.69) is 10.1 Å². The fourth-order valence-electron chi connectivity index (χ4n) is 1.23. The van der Waals surface area contributed by atoms with E-state index in [1.807, 2.05) is 0 Å². The third-order valence-corrected chi connectivity index (χ3v) is 2.27. The van der Waals surface area contributed by atoms with Crippen LogP contribution in [0.5, 0.6) is 0 Å². The maximum absolute atomic E-state index is 11.9. The van der Waals surface area contributed by atoms with E-state index in [4.69, 9.17) is 11.6 Å². The molecule has 2 aromatic rings. The highest BCUT2D eigenvalue weighted by atomic mass is 35.5. The topological polar surface area (TPSA) is 47.8 Å². The van der Waals surface area contributed by atoms with Crippen molar-refractivity contribution in [2.75, 3.05) is 0 Å². The molecule has 0 saturated carbocycles. The normalized spacial score (nSPS) is 10.3. The Morgan fingerprint density at radius 3 is 2.53 bits per heavy atom. The highest BCUT2D eigenvalue weighted by molar-refractivity contribution is 6.30. The lowest BCUT2D eigenvalue weighted by molar-refractivity contribution is 0.102. The summed E-state index contributed by atoms with van der Waals surface area (Å²) >= 11 is 5.73. The number of halogens is 1. The van der Waals surface area contributed by atoms with Gasteiger partial charge in [0.2, 0.25) is 5.78 Å². The summed E-state index contributed by atoms with van der Waals surface area (Å²) in [6.45, 7) is 0. The van der Waals surface area contributed by atoms with Crippen LogP contribution >= 0.6 is 11.6 Å². The largest absolute Gasteiger partial charge is 0.285 e. The molecule has 76 valence electrons. The summed E-state index contributed by atoms with van der Waals surface area (Å²) in [7, 11) is 1.68. The van der Waals surface area contributed by atoms with Crippen molar-refractivity contribution in [2.45, 2.75) is 0 Å². The monoisotopic (exact) mass is 221 g/mol. The first-order chi connectivity index (χ1) is 7.18. The van der Waals surface area contributed by atoms with Crippen LogP contribution in [0.2, 0.25) is 5.02 Å². The molecule has 0 atom stereocenters. The smallest absolute Gasteiger partial charge is 0.229 e. The molecule has 5 heteroatoms. The van der Waals surface area contributed by atoms with Crippen molar-refractivity contribution in [2.24, 2.45) is 7.05 Å². The van der Waals surface area contributed by atoms with Gasteiger partial charge in [-0.1, -0.05) is 11.6 Å². The average molecular weight is 222 g/mol. The molecular weight excluding hydrogens is 214 g/mol. The molecule has 1 aromatic carbocycles. The summed E-state index contributed by atoms with van der Waals surface area (Å²) in [5.74, 6) is 0.156. The first-order valence-corrected chi connectivity index (χ1v) is 4.70. The molecule has 0 fully saturated rings. The number of aromatic nitrogens is 3. The Morgan fingerprint density at radius 1 is 1.33 bits per heavy atom. The Kier molecular flexibility index (Phi) is 2.51. The number of benzene rings is 1. The molecule has 15 heavy (non-hydrogen) atoms. The molecule has 2 rings (SSSR count). The number of aryl methyl sites for hydroxylation is 1. The zero-order valence-electron chi connectivity index (χ0n) is 8.01. The summed E-state index contributed by atoms with van der Waals surface area (Å²) in [6, 6.07) is 6.68. The summed E-state index contributed by atoms with van der Waals surface area (Å²) in [5.41, 5.74) is 0.551. The summed E-state index contributed by atoms with van der Waals surface area (Å²) < 4.78 is 1.44. The standard InChI is InChI=1S/C10H8ClN3O/c1-14-10(12-6-13-14)9(15)7-2-4-8(11)5-3-7/h2-6H,1H3. The van der Waals surface area contributed by atoms with E-state index >= 15 is 0 Å². The summed E-state index contributed by atoms with van der Waals surface area (Å²) in [4.78, 5) is 15.8. The Hall–Kier alpha value is -1.68. The molecule has 0 aliphatic carbocycles. The lowest BCUT2D eigenvalue weighted by Gasteiger charge is -1.99. The third kappa shape index (κ3) is 1.89. The second-order valence-corrected chi connectivity index (χ2v) is 3.48. The van der Waals surface area contributed by atoms with Crippen LogP contribution in [0.4, 0.5) is 0 Å². The molecule has 0 unspecified atom stereocenters. The van der Waals surface area contributed by atoms with Crippen molar-refractivity contribution in [1.82, 2.24) is 14.8 Å². The van der Waals surface area contributed by atoms with Crippen LogP contribution in [0, 0.1) is 0 Å². The predicted molar refractivity (Wildman–Crippen MR) is 55.9 cm³/mol. The van der Waals surface area contributed by atoms with E-state index < -0.39 is 0 Å². The maximum Gasteiger partial charge on any atom is 0.229 e. The van der Waals surface area contributed by atoms with E-state index in [-0.39, 0.29) is 5.78 Å². The lowest BCUT2D eigenvalue weighted by Crippen LogP contribution is -2.09. The van der Waals surface area contributed by atoms with Crippen LogP contribution in [0.15, 0.2) is 30.6 Å². The minimum Gasteiger partial charge on any atom is -0.285 e. The van der Waals surface area contributed by atoms with Gasteiger partial charge in [0.25, 0.3) is 0 Å². The average Bonchev–Trinajstić information content (AvgIpc) is 2.65. The molecule has 0 spiro atoms. The van der Waals surface area contributed by atoms with Crippen LogP contribution in [0.3, 0.4) is 0 Å². The Morgan fingerprint density at radius 2 is 2.00 bits per heavy atom. The molecule has 0 amide bonds. The fourth-order valence-corrected chi connectivity index (χ4v) is 1.36. The zero-order chi connectivity index (χ0) is 10.8. The van der Waals surface area contributed by atoms with Gasteiger partial charge < -0.3 is 0 Å². The number of hydrogen-bond donors (Lipinski definition) is 0. The molecule has 0 bridgehead atoms. The SMILES string of the molecule is Cn1ncnc1C(=O)c1ccc(Cl)cc1. The molecule has 1 heterocycles. The van der Waals surface area contributed by atoms with Gasteiger partial charge in [0.05, 0.1) is 0 Å². The second-order valence-electron chi connectivity index (χ2n) is 3.04. The van der Waals surface area contributed by atoms with Gasteiger partial charge in [0.15, 0.2) is 5.82 Å². The van der Waals surface area contributed by atoms with Crippen molar-refractivity contribution >= 4 is 17.4 Å². The van der Waals surface area contributed by atoms with Crippen molar-refractivity contribution in [1.29, 1.82) is 0 Å². The minimum absolute atomic E-state index is 0.160. The quantitative estimate of drug-likeness (QED) is 0.726. The maximum atomic E-state index is 11.9. The molecule has 1 aromatic heterocycles. The van der Waals surface area contributed by atoms with Gasteiger partial charge in [-0.3, -0.25) is 4.79 Å². The van der Waals surface area contributed by atoms with Gasteiger partial charge >= 0.3 is 0 Å². The predicted octanol–water partition coefficient (Wildman–Crippen LogP) is 1.70. The lowest BCUT2D eigenvalue weighted by atomic mass is 10.1. The summed E-state index contributed by atoms with van der Waals surface area (Å²) in [6.07, 6.45) is 1.35. The van der Waals surface area contributed by atoms with E-state index in [9.17, 15) is 4.79 Å². The van der Waals surface area contributed by atoms with Crippen LogP contribution in [0.1, 0.15) is 16.2 Å². The molecule has 0 saturated heterocycles. The Balaban J connectivity index is 2.37. The van der Waals surface area contributed by atoms with Gasteiger partial charge in [0, 0.05) is 17.6 Å². The second kappa shape index (κ2) is 3.82. The van der Waals surface area contributed by atoms with Crippen LogP contribution < -0.4 is 0 Å². The van der Waals surface area contributed by atoms with Gasteiger partial charge in [-0.2, -0.15) is 5.10 Å². The van der Waals surface area contributed by atoms with Crippen LogP contribution in [-0.4, -0.2) is 20.5 Å². The molecule has 0 N–H and O–H groups in total. The van der Waals surface area contributed by atoms with Gasteiger partial charge in [-0.15, -0.1) is 0 Å². The van der Waals surface area contributed by atoms with E-state index in [1.54, 1.807) is 31.3 Å². The zero-order valence-corrected chi connectivity index (χ0v) is 8.77. The summed E-state index contributed by atoms with van der Waals surface area (Å²) in [5, 5.41) is 4.44. The van der Waals surface area contributed by atoms with Crippen LogP contribution in [-0.2, 0) is 7.05 Å². The van der Waals surface area contributed by atoms with Crippen LogP contribution in [0.25, 0.3) is 0 Å². The number of ketones is 1. The van der Waals surface area contributed by atoms with E-state index in [0.29, 0.717) is 16.4 Å². The van der Waals surface area contributed by atoms with Gasteiger partial charge in [-0.05, 0) is 24.3 Å². The minimum atomic E-state index is -0.160. The van der Waals surface area contributed by atoms with Crippen molar-refractivity contribution in [3.8, 4) is 0 Å². The molecule has 0 aliphatic rings. The van der Waals surface area contributed by atoms with Gasteiger partial charge in [0.1, 0.15) is 6.33 Å². The van der Waals surface area contributed by atoms with Gasteiger partial charge in [-0.25, -0.2) is 9.67 Å². The Bertz CT molecular complexity index is 490. The number of rotatable bonds is 2. The highest BCUT2D eigenvalue weighted by Gasteiger charge is 2.13. The molecule has 4 nitrogen and oxygen atoms in total. The number of carbonyl (C=O) groups is 1. The molecular formula is C10H8ClN3O. The molecule has 0 aliphatic heterocycles. The first kappa shape index (κ1) is 9.86. The van der Waals surface area contributed by atoms with Crippen molar-refractivity contribution in [3.05, 3.63) is 47.0 Å². The number of carbonyl (C=O) groups excluding carboxylic acids is 1.